The smallest absolute Gasteiger partial charge is 0.141 e. The lowest BCUT2D eigenvalue weighted by atomic mass is 10.1. The van der Waals surface area contributed by atoms with E-state index in [0.29, 0.717) is 11.3 Å². The zero-order valence-corrected chi connectivity index (χ0v) is 11.8. The molecule has 0 radical (unpaired) electrons. The second-order valence-electron chi connectivity index (χ2n) is 4.58. The molecule has 0 bridgehead atoms. The molecule has 1 N–H and O–H groups in total. The van der Waals surface area contributed by atoms with Gasteiger partial charge in [-0.05, 0) is 43.3 Å². The van der Waals surface area contributed by atoms with Gasteiger partial charge in [0.15, 0.2) is 0 Å². The molecule has 4 heteroatoms. The number of rotatable bonds is 6. The van der Waals surface area contributed by atoms with Gasteiger partial charge >= 0.3 is 0 Å². The van der Waals surface area contributed by atoms with Crippen LogP contribution in [0.3, 0.4) is 0 Å². The third-order valence-corrected chi connectivity index (χ3v) is 3.03. The lowest BCUT2D eigenvalue weighted by molar-refractivity contribution is 0.296. The molecule has 0 atom stereocenters. The highest BCUT2D eigenvalue weighted by Gasteiger charge is 2.06. The van der Waals surface area contributed by atoms with Gasteiger partial charge in [-0.15, -0.1) is 0 Å². The van der Waals surface area contributed by atoms with Crippen LogP contribution in [0.4, 0.5) is 4.39 Å². The number of halogens is 1. The fourth-order valence-corrected chi connectivity index (χ4v) is 1.90. The van der Waals surface area contributed by atoms with Crippen LogP contribution in [0, 0.1) is 12.7 Å². The first kappa shape index (κ1) is 14.5. The molecule has 2 aromatic rings. The van der Waals surface area contributed by atoms with Crippen molar-refractivity contribution in [2.75, 3.05) is 6.54 Å². The highest BCUT2D eigenvalue weighted by Crippen LogP contribution is 2.18. The van der Waals surface area contributed by atoms with Crippen molar-refractivity contribution in [3.8, 4) is 5.75 Å². The summed E-state index contributed by atoms with van der Waals surface area (Å²) in [5.74, 6) is 0.441. The minimum Gasteiger partial charge on any atom is -0.487 e. The molecule has 0 saturated heterocycles. The van der Waals surface area contributed by atoms with Crippen LogP contribution in [-0.4, -0.2) is 11.5 Å². The minimum atomic E-state index is -0.244. The van der Waals surface area contributed by atoms with Crippen LogP contribution in [0.25, 0.3) is 0 Å². The van der Waals surface area contributed by atoms with Gasteiger partial charge in [0, 0.05) is 18.3 Å². The lowest BCUT2D eigenvalue weighted by Crippen LogP contribution is -2.12. The standard InChI is InChI=1S/C16H19FN2O/c1-3-18-10-13-6-7-15(17)14(9-13)11-20-16-5-4-8-19-12(16)2/h4-9,18H,3,10-11H2,1-2H3. The van der Waals surface area contributed by atoms with E-state index in [1.165, 1.54) is 6.07 Å². The van der Waals surface area contributed by atoms with Crippen LogP contribution in [0.1, 0.15) is 23.7 Å². The molecule has 2 rings (SSSR count). The van der Waals surface area contributed by atoms with E-state index >= 15 is 0 Å². The van der Waals surface area contributed by atoms with Gasteiger partial charge in [-0.2, -0.15) is 0 Å². The summed E-state index contributed by atoms with van der Waals surface area (Å²) in [7, 11) is 0. The average Bonchev–Trinajstić information content (AvgIpc) is 2.46. The van der Waals surface area contributed by atoms with Crippen molar-refractivity contribution in [3.63, 3.8) is 0 Å². The molecule has 20 heavy (non-hydrogen) atoms. The fourth-order valence-electron chi connectivity index (χ4n) is 1.90. The Balaban J connectivity index is 2.07. The second kappa shape index (κ2) is 7.01. The number of pyridine rings is 1. The van der Waals surface area contributed by atoms with E-state index in [-0.39, 0.29) is 12.4 Å². The Morgan fingerprint density at radius 2 is 2.15 bits per heavy atom. The number of ether oxygens (including phenoxy) is 1. The summed E-state index contributed by atoms with van der Waals surface area (Å²) < 4.78 is 19.4. The van der Waals surface area contributed by atoms with Crippen molar-refractivity contribution >= 4 is 0 Å². The van der Waals surface area contributed by atoms with Crippen molar-refractivity contribution in [2.24, 2.45) is 0 Å². The summed E-state index contributed by atoms with van der Waals surface area (Å²) in [4.78, 5) is 4.14. The van der Waals surface area contributed by atoms with Gasteiger partial charge in [-0.1, -0.05) is 13.0 Å². The monoisotopic (exact) mass is 274 g/mol. The number of hydrogen-bond acceptors (Lipinski definition) is 3. The maximum atomic E-state index is 13.8. The van der Waals surface area contributed by atoms with Crippen molar-refractivity contribution in [2.45, 2.75) is 27.0 Å². The van der Waals surface area contributed by atoms with E-state index in [9.17, 15) is 4.39 Å². The Hall–Kier alpha value is -1.94. The van der Waals surface area contributed by atoms with Crippen molar-refractivity contribution in [1.29, 1.82) is 0 Å². The predicted molar refractivity (Wildman–Crippen MR) is 77.1 cm³/mol. The van der Waals surface area contributed by atoms with Crippen LogP contribution in [0.2, 0.25) is 0 Å². The Morgan fingerprint density at radius 1 is 1.30 bits per heavy atom. The third-order valence-electron chi connectivity index (χ3n) is 3.03. The third kappa shape index (κ3) is 3.78. The summed E-state index contributed by atoms with van der Waals surface area (Å²) in [6, 6.07) is 8.75. The topological polar surface area (TPSA) is 34.1 Å². The van der Waals surface area contributed by atoms with E-state index < -0.39 is 0 Å². The molecule has 0 fully saturated rings. The predicted octanol–water partition coefficient (Wildman–Crippen LogP) is 3.22. The van der Waals surface area contributed by atoms with E-state index in [1.807, 2.05) is 26.0 Å². The van der Waals surface area contributed by atoms with E-state index in [2.05, 4.69) is 10.3 Å². The Labute approximate surface area is 118 Å². The molecule has 0 aliphatic heterocycles. The van der Waals surface area contributed by atoms with Crippen LogP contribution in [0.5, 0.6) is 5.75 Å². The number of hydrogen-bond donors (Lipinski definition) is 1. The molecule has 0 aliphatic carbocycles. The highest BCUT2D eigenvalue weighted by atomic mass is 19.1. The van der Waals surface area contributed by atoms with E-state index in [1.54, 1.807) is 18.3 Å². The zero-order chi connectivity index (χ0) is 14.4. The summed E-state index contributed by atoms with van der Waals surface area (Å²) in [5, 5.41) is 3.22. The Kier molecular flexibility index (Phi) is 5.07. The normalized spacial score (nSPS) is 10.6. The van der Waals surface area contributed by atoms with E-state index in [4.69, 9.17) is 4.74 Å². The number of nitrogens with one attached hydrogen (secondary N) is 1. The molecule has 1 aromatic carbocycles. The number of benzene rings is 1. The van der Waals surface area contributed by atoms with Gasteiger partial charge in [0.1, 0.15) is 18.2 Å². The van der Waals surface area contributed by atoms with Gasteiger partial charge in [-0.3, -0.25) is 4.98 Å². The Morgan fingerprint density at radius 3 is 2.90 bits per heavy atom. The van der Waals surface area contributed by atoms with Crippen LogP contribution in [-0.2, 0) is 13.2 Å². The lowest BCUT2D eigenvalue weighted by Gasteiger charge is -2.10. The summed E-state index contributed by atoms with van der Waals surface area (Å²) in [6.07, 6.45) is 1.71. The first-order valence-corrected chi connectivity index (χ1v) is 6.73. The van der Waals surface area contributed by atoms with Crippen molar-refractivity contribution < 1.29 is 9.13 Å². The minimum absolute atomic E-state index is 0.207. The maximum absolute atomic E-state index is 13.8. The number of aromatic nitrogens is 1. The van der Waals surface area contributed by atoms with Crippen LogP contribution >= 0.6 is 0 Å². The number of nitrogens with zero attached hydrogens (tertiary/aromatic N) is 1. The molecule has 3 nitrogen and oxygen atoms in total. The van der Waals surface area contributed by atoms with Gasteiger partial charge < -0.3 is 10.1 Å². The van der Waals surface area contributed by atoms with Crippen molar-refractivity contribution in [3.05, 3.63) is 59.2 Å². The summed E-state index contributed by atoms with van der Waals surface area (Å²) in [5.41, 5.74) is 2.41. The van der Waals surface area contributed by atoms with Gasteiger partial charge in [0.25, 0.3) is 0 Å². The maximum Gasteiger partial charge on any atom is 0.141 e. The highest BCUT2D eigenvalue weighted by molar-refractivity contribution is 5.28. The quantitative estimate of drug-likeness (QED) is 0.878. The van der Waals surface area contributed by atoms with Gasteiger partial charge in [0.2, 0.25) is 0 Å². The van der Waals surface area contributed by atoms with Gasteiger partial charge in [0.05, 0.1) is 5.69 Å². The zero-order valence-electron chi connectivity index (χ0n) is 11.8. The average molecular weight is 274 g/mol. The molecule has 0 saturated carbocycles. The molecular formula is C16H19FN2O. The van der Waals surface area contributed by atoms with Gasteiger partial charge in [-0.25, -0.2) is 4.39 Å². The molecule has 1 aromatic heterocycles. The summed E-state index contributed by atoms with van der Waals surface area (Å²) in [6.45, 7) is 5.73. The molecule has 0 unspecified atom stereocenters. The Bertz CT molecular complexity index is 572. The number of aryl methyl sites for hydroxylation is 1. The molecule has 106 valence electrons. The SMILES string of the molecule is CCNCc1ccc(F)c(COc2cccnc2C)c1. The largest absolute Gasteiger partial charge is 0.487 e. The first-order valence-electron chi connectivity index (χ1n) is 6.73. The van der Waals surface area contributed by atoms with Crippen LogP contribution in [0.15, 0.2) is 36.5 Å². The first-order chi connectivity index (χ1) is 9.70. The second-order valence-corrected chi connectivity index (χ2v) is 4.58. The molecular weight excluding hydrogens is 255 g/mol. The van der Waals surface area contributed by atoms with E-state index in [0.717, 1.165) is 24.3 Å². The molecule has 1 heterocycles. The molecule has 0 aliphatic rings. The molecule has 0 amide bonds. The molecule has 0 spiro atoms. The fraction of sp³-hybridized carbons (Fsp3) is 0.312. The summed E-state index contributed by atoms with van der Waals surface area (Å²) >= 11 is 0. The van der Waals surface area contributed by atoms with Crippen LogP contribution < -0.4 is 10.1 Å². The van der Waals surface area contributed by atoms with Crippen molar-refractivity contribution in [1.82, 2.24) is 10.3 Å².